The van der Waals surface area contributed by atoms with Crippen LogP contribution in [0.15, 0.2) is 6.20 Å². The highest BCUT2D eigenvalue weighted by atomic mass is 16.3. The molecule has 0 radical (unpaired) electrons. The predicted molar refractivity (Wildman–Crippen MR) is 72.7 cm³/mol. The molecule has 0 saturated heterocycles. The van der Waals surface area contributed by atoms with E-state index < -0.39 is 5.60 Å². The fourth-order valence-electron chi connectivity index (χ4n) is 2.71. The van der Waals surface area contributed by atoms with Gasteiger partial charge in [0.25, 0.3) is 0 Å². The number of rotatable bonds is 6. The lowest BCUT2D eigenvalue weighted by Crippen LogP contribution is -2.35. The van der Waals surface area contributed by atoms with Crippen LogP contribution >= 0.6 is 0 Å². The second kappa shape index (κ2) is 6.19. The van der Waals surface area contributed by atoms with Crippen molar-refractivity contribution in [1.82, 2.24) is 15.5 Å². The maximum atomic E-state index is 11.7. The SMILES string of the molecule is Cc1[nH]ncc1CCCNC(=O)CC1(O)CCCC1. The number of nitrogens with zero attached hydrogens (tertiary/aromatic N) is 1. The van der Waals surface area contributed by atoms with Crippen LogP contribution in [0.4, 0.5) is 0 Å². The molecule has 19 heavy (non-hydrogen) atoms. The number of hydrogen-bond donors (Lipinski definition) is 3. The van der Waals surface area contributed by atoms with Crippen LogP contribution in [0.5, 0.6) is 0 Å². The fourth-order valence-corrected chi connectivity index (χ4v) is 2.71. The Bertz CT molecular complexity index is 422. The number of H-pyrrole nitrogens is 1. The van der Waals surface area contributed by atoms with Crippen LogP contribution in [0, 0.1) is 6.92 Å². The van der Waals surface area contributed by atoms with E-state index in [4.69, 9.17) is 0 Å². The molecule has 1 aromatic rings. The fraction of sp³-hybridized carbons (Fsp3) is 0.714. The Kier molecular flexibility index (Phi) is 4.58. The van der Waals surface area contributed by atoms with E-state index in [1.54, 1.807) is 0 Å². The van der Waals surface area contributed by atoms with Crippen molar-refractivity contribution >= 4 is 5.91 Å². The maximum absolute atomic E-state index is 11.7. The van der Waals surface area contributed by atoms with Gasteiger partial charge in [0.15, 0.2) is 0 Å². The third-order valence-electron chi connectivity index (χ3n) is 3.90. The van der Waals surface area contributed by atoms with Crippen molar-refractivity contribution in [2.24, 2.45) is 0 Å². The summed E-state index contributed by atoms with van der Waals surface area (Å²) in [6, 6.07) is 0. The Labute approximate surface area is 113 Å². The highest BCUT2D eigenvalue weighted by Crippen LogP contribution is 2.32. The summed E-state index contributed by atoms with van der Waals surface area (Å²) in [7, 11) is 0. The van der Waals surface area contributed by atoms with Gasteiger partial charge in [-0.2, -0.15) is 5.10 Å². The molecule has 1 aliphatic carbocycles. The van der Waals surface area contributed by atoms with E-state index in [9.17, 15) is 9.90 Å². The Morgan fingerprint density at radius 2 is 2.26 bits per heavy atom. The van der Waals surface area contributed by atoms with E-state index in [1.807, 2.05) is 13.1 Å². The zero-order valence-corrected chi connectivity index (χ0v) is 11.5. The van der Waals surface area contributed by atoms with Crippen LogP contribution in [-0.4, -0.2) is 33.4 Å². The Morgan fingerprint density at radius 3 is 2.89 bits per heavy atom. The topological polar surface area (TPSA) is 78.0 Å². The van der Waals surface area contributed by atoms with E-state index in [0.717, 1.165) is 44.2 Å². The van der Waals surface area contributed by atoms with Crippen LogP contribution in [0.25, 0.3) is 0 Å². The van der Waals surface area contributed by atoms with Gasteiger partial charge in [-0.25, -0.2) is 0 Å². The molecule has 0 atom stereocenters. The first-order valence-electron chi connectivity index (χ1n) is 7.07. The molecule has 2 rings (SSSR count). The lowest BCUT2D eigenvalue weighted by Gasteiger charge is -2.21. The Hall–Kier alpha value is -1.36. The van der Waals surface area contributed by atoms with Crippen LogP contribution in [-0.2, 0) is 11.2 Å². The number of aromatic amines is 1. The molecule has 5 heteroatoms. The minimum atomic E-state index is -0.745. The van der Waals surface area contributed by atoms with Gasteiger partial charge in [-0.3, -0.25) is 9.89 Å². The van der Waals surface area contributed by atoms with Gasteiger partial charge in [-0.1, -0.05) is 12.8 Å². The van der Waals surface area contributed by atoms with Gasteiger partial charge in [0.2, 0.25) is 5.91 Å². The number of nitrogens with one attached hydrogen (secondary N) is 2. The van der Waals surface area contributed by atoms with Crippen LogP contribution in [0.2, 0.25) is 0 Å². The van der Waals surface area contributed by atoms with Crippen molar-refractivity contribution in [1.29, 1.82) is 0 Å². The summed E-state index contributed by atoms with van der Waals surface area (Å²) in [5, 5.41) is 19.9. The van der Waals surface area contributed by atoms with Crippen molar-refractivity contribution in [3.8, 4) is 0 Å². The van der Waals surface area contributed by atoms with E-state index in [-0.39, 0.29) is 12.3 Å². The number of amides is 1. The molecule has 1 aromatic heterocycles. The Morgan fingerprint density at radius 1 is 1.53 bits per heavy atom. The lowest BCUT2D eigenvalue weighted by molar-refractivity contribution is -0.125. The number of aryl methyl sites for hydroxylation is 2. The van der Waals surface area contributed by atoms with E-state index in [1.165, 1.54) is 5.56 Å². The number of aliphatic hydroxyl groups is 1. The second-order valence-electron chi connectivity index (χ2n) is 5.58. The Balaban J connectivity index is 1.63. The van der Waals surface area contributed by atoms with Crippen LogP contribution < -0.4 is 5.32 Å². The molecular formula is C14H23N3O2. The van der Waals surface area contributed by atoms with Gasteiger partial charge in [0.1, 0.15) is 0 Å². The number of aromatic nitrogens is 2. The van der Waals surface area contributed by atoms with Crippen LogP contribution in [0.3, 0.4) is 0 Å². The highest BCUT2D eigenvalue weighted by molar-refractivity contribution is 5.77. The average Bonchev–Trinajstić information content (AvgIpc) is 2.94. The maximum Gasteiger partial charge on any atom is 0.222 e. The molecule has 5 nitrogen and oxygen atoms in total. The third kappa shape index (κ3) is 4.06. The van der Waals surface area contributed by atoms with Gasteiger partial charge < -0.3 is 10.4 Å². The minimum Gasteiger partial charge on any atom is -0.389 e. The molecule has 1 aliphatic rings. The van der Waals surface area contributed by atoms with Gasteiger partial charge in [0, 0.05) is 12.2 Å². The van der Waals surface area contributed by atoms with E-state index in [2.05, 4.69) is 15.5 Å². The zero-order chi connectivity index (χ0) is 13.7. The molecule has 1 heterocycles. The van der Waals surface area contributed by atoms with Crippen molar-refractivity contribution in [3.05, 3.63) is 17.5 Å². The molecular weight excluding hydrogens is 242 g/mol. The summed E-state index contributed by atoms with van der Waals surface area (Å²) < 4.78 is 0. The molecule has 0 aliphatic heterocycles. The van der Waals surface area contributed by atoms with Gasteiger partial charge in [-0.15, -0.1) is 0 Å². The minimum absolute atomic E-state index is 0.0340. The van der Waals surface area contributed by atoms with E-state index >= 15 is 0 Å². The molecule has 1 amide bonds. The third-order valence-corrected chi connectivity index (χ3v) is 3.90. The van der Waals surface area contributed by atoms with Crippen molar-refractivity contribution in [2.75, 3.05) is 6.54 Å². The first-order chi connectivity index (χ1) is 9.09. The monoisotopic (exact) mass is 265 g/mol. The molecule has 0 bridgehead atoms. The van der Waals surface area contributed by atoms with Crippen molar-refractivity contribution in [2.45, 2.75) is 57.5 Å². The summed E-state index contributed by atoms with van der Waals surface area (Å²) in [4.78, 5) is 11.7. The lowest BCUT2D eigenvalue weighted by atomic mass is 9.98. The smallest absolute Gasteiger partial charge is 0.222 e. The van der Waals surface area contributed by atoms with Crippen molar-refractivity contribution in [3.63, 3.8) is 0 Å². The van der Waals surface area contributed by atoms with Crippen molar-refractivity contribution < 1.29 is 9.90 Å². The first-order valence-corrected chi connectivity index (χ1v) is 7.07. The number of hydrogen-bond acceptors (Lipinski definition) is 3. The first kappa shape index (κ1) is 14.1. The molecule has 0 aromatic carbocycles. The normalized spacial score (nSPS) is 17.6. The molecule has 3 N–H and O–H groups in total. The summed E-state index contributed by atoms with van der Waals surface area (Å²) >= 11 is 0. The van der Waals surface area contributed by atoms with Gasteiger partial charge >= 0.3 is 0 Å². The molecule has 106 valence electrons. The second-order valence-corrected chi connectivity index (χ2v) is 5.58. The summed E-state index contributed by atoms with van der Waals surface area (Å²) in [5.41, 5.74) is 1.54. The molecule has 1 fully saturated rings. The summed E-state index contributed by atoms with van der Waals surface area (Å²) in [6.07, 6.45) is 7.46. The zero-order valence-electron chi connectivity index (χ0n) is 11.5. The standard InChI is InChI=1S/C14H23N3O2/c1-11-12(10-16-17-11)5-4-8-15-13(18)9-14(19)6-2-3-7-14/h10,19H,2-9H2,1H3,(H,15,18)(H,16,17). The van der Waals surface area contributed by atoms with Gasteiger partial charge in [0.05, 0.1) is 18.2 Å². The summed E-state index contributed by atoms with van der Waals surface area (Å²) in [5.74, 6) is -0.0340. The molecule has 0 spiro atoms. The number of carbonyl (C=O) groups is 1. The molecule has 0 unspecified atom stereocenters. The van der Waals surface area contributed by atoms with Crippen LogP contribution in [0.1, 0.15) is 49.8 Å². The highest BCUT2D eigenvalue weighted by Gasteiger charge is 2.33. The van der Waals surface area contributed by atoms with Gasteiger partial charge in [-0.05, 0) is 38.2 Å². The number of carbonyl (C=O) groups excluding carboxylic acids is 1. The van der Waals surface area contributed by atoms with E-state index in [0.29, 0.717) is 6.54 Å². The predicted octanol–water partition coefficient (Wildman–Crippen LogP) is 1.46. The average molecular weight is 265 g/mol. The molecule has 1 saturated carbocycles. The quantitative estimate of drug-likeness (QED) is 0.681. The largest absolute Gasteiger partial charge is 0.389 e. The summed E-state index contributed by atoms with van der Waals surface area (Å²) in [6.45, 7) is 2.65.